The number of aromatic carboxylic acids is 1. The molecule has 3 atom stereocenters. The average Bonchev–Trinajstić information content (AvgIpc) is 2.85. The summed E-state index contributed by atoms with van der Waals surface area (Å²) < 4.78 is 0. The van der Waals surface area contributed by atoms with Crippen LogP contribution in [0.4, 0.5) is 5.69 Å². The lowest BCUT2D eigenvalue weighted by atomic mass is 9.80. The predicted octanol–water partition coefficient (Wildman–Crippen LogP) is 7.76. The molecule has 196 valence electrons. The summed E-state index contributed by atoms with van der Waals surface area (Å²) in [7, 11) is -2.51. The zero-order valence-electron chi connectivity index (χ0n) is 22.2. The van der Waals surface area contributed by atoms with Crippen molar-refractivity contribution in [1.29, 1.82) is 0 Å². The number of rotatable bonds is 7. The van der Waals surface area contributed by atoms with Gasteiger partial charge >= 0.3 is 5.97 Å². The summed E-state index contributed by atoms with van der Waals surface area (Å²) >= 11 is 6.15. The highest BCUT2D eigenvalue weighted by atomic mass is 35.5. The fourth-order valence-corrected chi connectivity index (χ4v) is 7.56. The Morgan fingerprint density at radius 2 is 1.65 bits per heavy atom. The molecule has 3 aromatic carbocycles. The van der Waals surface area contributed by atoms with Gasteiger partial charge in [-0.1, -0.05) is 68.8 Å². The Hall–Kier alpha value is -2.60. The molecule has 3 aromatic rings. The van der Waals surface area contributed by atoms with E-state index in [0.717, 1.165) is 42.7 Å². The molecule has 1 saturated heterocycles. The molecule has 3 unspecified atom stereocenters. The maximum atomic E-state index is 11.6. The van der Waals surface area contributed by atoms with Crippen molar-refractivity contribution in [2.24, 2.45) is 11.8 Å². The van der Waals surface area contributed by atoms with Crippen molar-refractivity contribution in [1.82, 2.24) is 0 Å². The topological polar surface area (TPSA) is 60.8 Å². The number of carboxylic acid groups (broad SMARTS) is 1. The SMILES string of the molecule is CC(C)(C)[Si](C)(O)CC1CN(c2ccc(C(=O)O)cc2)CCC1Cc1ccccc1-c1ccc(Cl)cc1. The highest BCUT2D eigenvalue weighted by Crippen LogP contribution is 2.43. The highest BCUT2D eigenvalue weighted by Gasteiger charge is 2.43. The number of carboxylic acids is 1. The van der Waals surface area contributed by atoms with Crippen LogP contribution in [0.1, 0.15) is 43.1 Å². The minimum Gasteiger partial charge on any atom is -0.478 e. The molecule has 6 heteroatoms. The van der Waals surface area contributed by atoms with E-state index in [4.69, 9.17) is 11.6 Å². The summed E-state index contributed by atoms with van der Waals surface area (Å²) in [6, 6.07) is 24.7. The fourth-order valence-electron chi connectivity index (χ4n) is 5.34. The molecule has 4 nitrogen and oxygen atoms in total. The Balaban J connectivity index is 1.61. The van der Waals surface area contributed by atoms with Gasteiger partial charge in [-0.2, -0.15) is 0 Å². The lowest BCUT2D eigenvalue weighted by Crippen LogP contribution is -2.49. The summed E-state index contributed by atoms with van der Waals surface area (Å²) in [4.78, 5) is 25.3. The zero-order chi connectivity index (χ0) is 26.8. The number of anilines is 1. The van der Waals surface area contributed by atoms with E-state index in [9.17, 15) is 14.7 Å². The van der Waals surface area contributed by atoms with Gasteiger partial charge in [-0.15, -0.1) is 0 Å². The second-order valence-electron chi connectivity index (χ2n) is 11.7. The zero-order valence-corrected chi connectivity index (χ0v) is 24.0. The maximum Gasteiger partial charge on any atom is 0.335 e. The van der Waals surface area contributed by atoms with Gasteiger partial charge in [0, 0.05) is 23.8 Å². The van der Waals surface area contributed by atoms with E-state index in [-0.39, 0.29) is 5.04 Å². The van der Waals surface area contributed by atoms with E-state index >= 15 is 0 Å². The van der Waals surface area contributed by atoms with Crippen molar-refractivity contribution in [2.75, 3.05) is 18.0 Å². The molecule has 0 aromatic heterocycles. The van der Waals surface area contributed by atoms with Gasteiger partial charge < -0.3 is 14.8 Å². The second-order valence-corrected chi connectivity index (χ2v) is 16.6. The molecule has 0 spiro atoms. The fraction of sp³-hybridized carbons (Fsp3) is 0.387. The van der Waals surface area contributed by atoms with E-state index in [1.54, 1.807) is 12.1 Å². The highest BCUT2D eigenvalue weighted by molar-refractivity contribution is 6.74. The average molecular weight is 536 g/mol. The summed E-state index contributed by atoms with van der Waals surface area (Å²) in [5.74, 6) is -0.119. The van der Waals surface area contributed by atoms with Crippen molar-refractivity contribution in [3.63, 3.8) is 0 Å². The van der Waals surface area contributed by atoms with Crippen molar-refractivity contribution < 1.29 is 14.7 Å². The van der Waals surface area contributed by atoms with Crippen LogP contribution in [0, 0.1) is 11.8 Å². The van der Waals surface area contributed by atoms with Gasteiger partial charge in [0.2, 0.25) is 0 Å². The van der Waals surface area contributed by atoms with Crippen molar-refractivity contribution in [2.45, 2.75) is 51.2 Å². The third kappa shape index (κ3) is 6.46. The Bertz CT molecular complexity index is 1220. The Labute approximate surface area is 227 Å². The van der Waals surface area contributed by atoms with Crippen LogP contribution in [0.25, 0.3) is 11.1 Å². The van der Waals surface area contributed by atoms with Crippen molar-refractivity contribution in [3.05, 3.63) is 88.9 Å². The summed E-state index contributed by atoms with van der Waals surface area (Å²) in [5, 5.41) is 9.91. The van der Waals surface area contributed by atoms with Gasteiger partial charge in [0.1, 0.15) is 0 Å². The van der Waals surface area contributed by atoms with Gasteiger partial charge in [-0.3, -0.25) is 0 Å². The lowest BCUT2D eigenvalue weighted by Gasteiger charge is -2.45. The number of hydrogen-bond donors (Lipinski definition) is 2. The third-order valence-electron chi connectivity index (χ3n) is 8.30. The van der Waals surface area contributed by atoms with Gasteiger partial charge in [0.05, 0.1) is 5.56 Å². The van der Waals surface area contributed by atoms with Crippen LogP contribution in [0.3, 0.4) is 0 Å². The minimum atomic E-state index is -2.51. The van der Waals surface area contributed by atoms with E-state index < -0.39 is 14.3 Å². The van der Waals surface area contributed by atoms with Crippen LogP contribution < -0.4 is 4.90 Å². The molecular weight excluding hydrogens is 498 g/mol. The van der Waals surface area contributed by atoms with Crippen LogP contribution >= 0.6 is 11.6 Å². The van der Waals surface area contributed by atoms with Crippen LogP contribution in [0.2, 0.25) is 22.7 Å². The molecule has 0 aliphatic carbocycles. The molecule has 2 N–H and O–H groups in total. The first-order valence-corrected chi connectivity index (χ1v) is 16.1. The number of nitrogens with zero attached hydrogens (tertiary/aromatic N) is 1. The first-order valence-electron chi connectivity index (χ1n) is 13.1. The molecule has 4 rings (SSSR count). The van der Waals surface area contributed by atoms with Gasteiger partial charge in [-0.05, 0) is 95.4 Å². The van der Waals surface area contributed by atoms with E-state index in [0.29, 0.717) is 17.4 Å². The van der Waals surface area contributed by atoms with Crippen molar-refractivity contribution >= 4 is 31.6 Å². The number of halogens is 1. The Morgan fingerprint density at radius 3 is 2.27 bits per heavy atom. The summed E-state index contributed by atoms with van der Waals surface area (Å²) in [5.41, 5.74) is 5.09. The predicted molar refractivity (Wildman–Crippen MR) is 156 cm³/mol. The van der Waals surface area contributed by atoms with E-state index in [1.807, 2.05) is 24.3 Å². The van der Waals surface area contributed by atoms with Crippen molar-refractivity contribution in [3.8, 4) is 11.1 Å². The molecule has 0 bridgehead atoms. The van der Waals surface area contributed by atoms with Crippen LogP contribution in [0.15, 0.2) is 72.8 Å². The Morgan fingerprint density at radius 1 is 1.00 bits per heavy atom. The number of piperidine rings is 1. The normalized spacial score (nSPS) is 19.9. The number of hydrogen-bond acceptors (Lipinski definition) is 3. The van der Waals surface area contributed by atoms with Crippen LogP contribution in [-0.2, 0) is 6.42 Å². The van der Waals surface area contributed by atoms with Gasteiger partial charge in [-0.25, -0.2) is 4.79 Å². The molecule has 1 aliphatic rings. The smallest absolute Gasteiger partial charge is 0.335 e. The maximum absolute atomic E-state index is 11.6. The summed E-state index contributed by atoms with van der Waals surface area (Å²) in [6.07, 6.45) is 1.98. The number of carbonyl (C=O) groups is 1. The monoisotopic (exact) mass is 535 g/mol. The third-order valence-corrected chi connectivity index (χ3v) is 13.1. The number of benzene rings is 3. The Kier molecular flexibility index (Phi) is 8.17. The molecule has 0 saturated carbocycles. The molecule has 0 amide bonds. The van der Waals surface area contributed by atoms with Crippen LogP contribution in [-0.4, -0.2) is 37.3 Å². The van der Waals surface area contributed by atoms with E-state index in [2.05, 4.69) is 68.6 Å². The minimum absolute atomic E-state index is 0.107. The molecule has 1 heterocycles. The first kappa shape index (κ1) is 27.4. The van der Waals surface area contributed by atoms with Gasteiger partial charge in [0.15, 0.2) is 8.32 Å². The van der Waals surface area contributed by atoms with Crippen LogP contribution in [0.5, 0.6) is 0 Å². The largest absolute Gasteiger partial charge is 0.478 e. The summed E-state index contributed by atoms with van der Waals surface area (Å²) in [6.45, 7) is 10.4. The molecule has 1 fully saturated rings. The quantitative estimate of drug-likeness (QED) is 0.303. The second kappa shape index (κ2) is 11.0. The lowest BCUT2D eigenvalue weighted by molar-refractivity contribution is 0.0697. The molecular formula is C31H38ClNO3Si. The standard InChI is InChI=1S/C31H38ClNO3Si/c1-31(2,3)37(4,36)21-26-20-33(28-15-11-23(12-16-28)30(34)35)18-17-24(26)19-25-7-5-6-8-29(25)22-9-13-27(32)14-10-22/h5-16,24,26,36H,17-21H2,1-4H3,(H,34,35). The van der Waals surface area contributed by atoms with E-state index in [1.165, 1.54) is 16.7 Å². The molecule has 0 radical (unpaired) electrons. The molecule has 1 aliphatic heterocycles. The molecule has 37 heavy (non-hydrogen) atoms. The van der Waals surface area contributed by atoms with Gasteiger partial charge in [0.25, 0.3) is 0 Å². The first-order chi connectivity index (χ1) is 17.4.